The summed E-state index contributed by atoms with van der Waals surface area (Å²) in [5, 5.41) is 9.29. The minimum Gasteiger partial charge on any atom is -0.341 e. The van der Waals surface area contributed by atoms with E-state index in [2.05, 4.69) is 20.7 Å². The number of amides is 2. The van der Waals surface area contributed by atoms with Crippen LogP contribution in [0.3, 0.4) is 0 Å². The lowest BCUT2D eigenvalue weighted by atomic mass is 9.98. The molecule has 0 spiro atoms. The molecule has 0 bridgehead atoms. The zero-order valence-corrected chi connectivity index (χ0v) is 17.3. The summed E-state index contributed by atoms with van der Waals surface area (Å²) in [6.07, 6.45) is 4.79. The van der Waals surface area contributed by atoms with Gasteiger partial charge in [-0.05, 0) is 53.9 Å². The van der Waals surface area contributed by atoms with Gasteiger partial charge in [0.1, 0.15) is 17.5 Å². The number of pyridine rings is 1. The number of halogens is 2. The number of anilines is 1. The van der Waals surface area contributed by atoms with Crippen LogP contribution in [-0.2, 0) is 16.0 Å². The molecule has 0 fully saturated rings. The fourth-order valence-corrected chi connectivity index (χ4v) is 3.36. The summed E-state index contributed by atoms with van der Waals surface area (Å²) >= 11 is 0. The molecule has 2 aromatic carbocycles. The normalized spacial score (nSPS) is 11.6. The first-order valence-electron chi connectivity index (χ1n) is 10.1. The third-order valence-electron chi connectivity index (χ3n) is 4.88. The second-order valence-electron chi connectivity index (χ2n) is 7.20. The lowest BCUT2D eigenvalue weighted by molar-refractivity contribution is -0.136. The van der Waals surface area contributed by atoms with Gasteiger partial charge in [0.25, 0.3) is 0 Å². The van der Waals surface area contributed by atoms with Crippen molar-refractivity contribution >= 4 is 17.6 Å². The molecule has 2 N–H and O–H groups in total. The van der Waals surface area contributed by atoms with Crippen molar-refractivity contribution in [3.8, 4) is 5.69 Å². The van der Waals surface area contributed by atoms with E-state index >= 15 is 0 Å². The Morgan fingerprint density at radius 2 is 1.61 bits per heavy atom. The number of carbonyl (C=O) groups excluding carboxylic acids is 2. The number of benzene rings is 2. The SMILES string of the molecule is O=C(Nc1ccnn1-c1ccncc1)C(=O)NC(Cc1cccc(F)c1)c1cccc(F)c1. The molecule has 9 heteroatoms. The van der Waals surface area contributed by atoms with Gasteiger partial charge in [-0.2, -0.15) is 5.10 Å². The van der Waals surface area contributed by atoms with Gasteiger partial charge in [-0.1, -0.05) is 24.3 Å². The van der Waals surface area contributed by atoms with Crippen molar-refractivity contribution in [1.29, 1.82) is 0 Å². The first-order chi connectivity index (χ1) is 16.0. The molecule has 166 valence electrons. The van der Waals surface area contributed by atoms with Crippen LogP contribution in [0.15, 0.2) is 85.3 Å². The Morgan fingerprint density at radius 1 is 0.879 bits per heavy atom. The van der Waals surface area contributed by atoms with Gasteiger partial charge in [0.2, 0.25) is 0 Å². The van der Waals surface area contributed by atoms with Gasteiger partial charge in [-0.3, -0.25) is 14.6 Å². The monoisotopic (exact) mass is 447 g/mol. The average Bonchev–Trinajstić information content (AvgIpc) is 3.27. The van der Waals surface area contributed by atoms with Crippen molar-refractivity contribution in [3.05, 3.63) is 108 Å². The van der Waals surface area contributed by atoms with Gasteiger partial charge in [-0.25, -0.2) is 13.5 Å². The molecule has 0 radical (unpaired) electrons. The predicted molar refractivity (Wildman–Crippen MR) is 117 cm³/mol. The van der Waals surface area contributed by atoms with Crippen molar-refractivity contribution in [1.82, 2.24) is 20.1 Å². The van der Waals surface area contributed by atoms with Gasteiger partial charge in [0.05, 0.1) is 17.9 Å². The summed E-state index contributed by atoms with van der Waals surface area (Å²) in [6.45, 7) is 0. The Bertz CT molecular complexity index is 1280. The summed E-state index contributed by atoms with van der Waals surface area (Å²) in [5.41, 5.74) is 1.68. The lowest BCUT2D eigenvalue weighted by Crippen LogP contribution is -2.39. The van der Waals surface area contributed by atoms with Crippen molar-refractivity contribution in [2.75, 3.05) is 5.32 Å². The van der Waals surface area contributed by atoms with Gasteiger partial charge in [-0.15, -0.1) is 0 Å². The Kier molecular flexibility index (Phi) is 6.49. The maximum atomic E-state index is 13.8. The fraction of sp³-hybridized carbons (Fsp3) is 0.0833. The summed E-state index contributed by atoms with van der Waals surface area (Å²) in [6, 6.07) is 15.7. The van der Waals surface area contributed by atoms with E-state index < -0.39 is 29.5 Å². The topological polar surface area (TPSA) is 88.9 Å². The predicted octanol–water partition coefficient (Wildman–Crippen LogP) is 3.58. The maximum Gasteiger partial charge on any atom is 0.314 e. The van der Waals surface area contributed by atoms with E-state index in [9.17, 15) is 18.4 Å². The average molecular weight is 447 g/mol. The third kappa shape index (κ3) is 5.45. The lowest BCUT2D eigenvalue weighted by Gasteiger charge is -2.19. The van der Waals surface area contributed by atoms with Crippen LogP contribution in [0.2, 0.25) is 0 Å². The molecule has 2 aromatic heterocycles. The molecule has 1 atom stereocenters. The smallest absolute Gasteiger partial charge is 0.314 e. The van der Waals surface area contributed by atoms with Crippen molar-refractivity contribution < 1.29 is 18.4 Å². The van der Waals surface area contributed by atoms with Gasteiger partial charge >= 0.3 is 11.8 Å². The largest absolute Gasteiger partial charge is 0.341 e. The molecule has 33 heavy (non-hydrogen) atoms. The zero-order valence-electron chi connectivity index (χ0n) is 17.3. The highest BCUT2D eigenvalue weighted by atomic mass is 19.1. The van der Waals surface area contributed by atoms with Crippen molar-refractivity contribution in [2.45, 2.75) is 12.5 Å². The second-order valence-corrected chi connectivity index (χ2v) is 7.20. The molecule has 0 aliphatic rings. The van der Waals surface area contributed by atoms with Gasteiger partial charge < -0.3 is 10.6 Å². The molecule has 4 rings (SSSR count). The quantitative estimate of drug-likeness (QED) is 0.442. The van der Waals surface area contributed by atoms with E-state index in [0.717, 1.165) is 0 Å². The van der Waals surface area contributed by atoms with Gasteiger partial charge in [0, 0.05) is 18.5 Å². The Balaban J connectivity index is 1.52. The molecule has 4 aromatic rings. The molecule has 7 nitrogen and oxygen atoms in total. The molecule has 2 amide bonds. The Labute approximate surface area is 188 Å². The maximum absolute atomic E-state index is 13.8. The fourth-order valence-electron chi connectivity index (χ4n) is 3.36. The summed E-state index contributed by atoms with van der Waals surface area (Å²) in [4.78, 5) is 29.3. The van der Waals surface area contributed by atoms with E-state index in [1.807, 2.05) is 0 Å². The van der Waals surface area contributed by atoms with Crippen LogP contribution < -0.4 is 10.6 Å². The van der Waals surface area contributed by atoms with E-state index in [1.54, 1.807) is 48.8 Å². The second kappa shape index (κ2) is 9.82. The number of rotatable bonds is 6. The standard InChI is InChI=1S/C24H19F2N5O2/c25-18-5-1-3-16(13-18)14-21(17-4-2-6-19(26)15-17)29-23(32)24(33)30-22-9-12-28-31(22)20-7-10-27-11-8-20/h1-13,15,21H,14H2,(H,29,32)(H,30,33). The number of carbonyl (C=O) groups is 2. The van der Waals surface area contributed by atoms with Crippen LogP contribution in [-0.4, -0.2) is 26.6 Å². The van der Waals surface area contributed by atoms with E-state index in [4.69, 9.17) is 0 Å². The van der Waals surface area contributed by atoms with Crippen LogP contribution in [0, 0.1) is 11.6 Å². The van der Waals surface area contributed by atoms with Gasteiger partial charge in [0.15, 0.2) is 0 Å². The highest BCUT2D eigenvalue weighted by molar-refractivity contribution is 6.39. The van der Waals surface area contributed by atoms with Crippen LogP contribution >= 0.6 is 0 Å². The highest BCUT2D eigenvalue weighted by Crippen LogP contribution is 2.20. The molecule has 0 saturated heterocycles. The molecule has 2 heterocycles. The summed E-state index contributed by atoms with van der Waals surface area (Å²) in [5.74, 6) is -2.49. The minimum atomic E-state index is -0.928. The van der Waals surface area contributed by atoms with E-state index in [0.29, 0.717) is 16.8 Å². The number of hydrogen-bond acceptors (Lipinski definition) is 4. The molecular formula is C24H19F2N5O2. The van der Waals surface area contributed by atoms with Crippen molar-refractivity contribution in [2.24, 2.45) is 0 Å². The number of aromatic nitrogens is 3. The van der Waals surface area contributed by atoms with Crippen LogP contribution in [0.5, 0.6) is 0 Å². The van der Waals surface area contributed by atoms with E-state index in [1.165, 1.54) is 41.2 Å². The number of nitrogens with one attached hydrogen (secondary N) is 2. The highest BCUT2D eigenvalue weighted by Gasteiger charge is 2.22. The van der Waals surface area contributed by atoms with Crippen molar-refractivity contribution in [3.63, 3.8) is 0 Å². The molecule has 0 aliphatic carbocycles. The molecule has 1 unspecified atom stereocenters. The zero-order chi connectivity index (χ0) is 23.2. The van der Waals surface area contributed by atoms with Crippen LogP contribution in [0.25, 0.3) is 5.69 Å². The number of nitrogens with zero attached hydrogens (tertiary/aromatic N) is 3. The Morgan fingerprint density at radius 3 is 2.33 bits per heavy atom. The number of hydrogen-bond donors (Lipinski definition) is 2. The third-order valence-corrected chi connectivity index (χ3v) is 4.88. The van der Waals surface area contributed by atoms with E-state index in [-0.39, 0.29) is 12.2 Å². The molecular weight excluding hydrogens is 428 g/mol. The van der Waals surface area contributed by atoms with Crippen LogP contribution in [0.4, 0.5) is 14.6 Å². The summed E-state index contributed by atoms with van der Waals surface area (Å²) in [7, 11) is 0. The first-order valence-corrected chi connectivity index (χ1v) is 10.1. The first kappa shape index (κ1) is 21.8. The molecule has 0 aliphatic heterocycles. The minimum absolute atomic E-state index is 0.162. The summed E-state index contributed by atoms with van der Waals surface area (Å²) < 4.78 is 28.9. The van der Waals surface area contributed by atoms with Crippen LogP contribution in [0.1, 0.15) is 17.2 Å². The molecule has 0 saturated carbocycles. The Hall–Kier alpha value is -4.40.